The third kappa shape index (κ3) is 817. The van der Waals surface area contributed by atoms with Crippen molar-refractivity contribution < 1.29 is 0 Å². The molecule has 18 heteroatoms. The third-order valence-corrected chi connectivity index (χ3v) is 0. The van der Waals surface area contributed by atoms with Gasteiger partial charge in [-0.2, -0.15) is 0 Å². The van der Waals surface area contributed by atoms with Crippen molar-refractivity contribution >= 4 is 244 Å². The first-order chi connectivity index (χ1) is 12.8. The molecule has 0 aromatic carbocycles. The van der Waals surface area contributed by atoms with Crippen molar-refractivity contribution in [2.75, 3.05) is 0 Å². The average molecular weight is 1420 g/mol. The van der Waals surface area contributed by atoms with Crippen LogP contribution in [0.4, 0.5) is 0 Å². The van der Waals surface area contributed by atoms with Crippen LogP contribution in [0.15, 0.2) is 0 Å². The van der Waals surface area contributed by atoms with Crippen LogP contribution < -0.4 is 0 Å². The quantitative estimate of drug-likeness (QED) is 0.174. The van der Waals surface area contributed by atoms with E-state index < -0.39 is 0 Å². The fourth-order valence-electron chi connectivity index (χ4n) is 0. The van der Waals surface area contributed by atoms with Crippen LogP contribution >= 0.6 is 121 Å². The zero-order valence-corrected chi connectivity index (χ0v) is 55.1. The molecule has 202 valence electrons. The Bertz CT molecular complexity index is 194. The molecule has 4 unspecified atom stereocenters. The van der Waals surface area contributed by atoms with Gasteiger partial charge >= 0.3 is 137 Å². The Morgan fingerprint density at radius 2 is 0.382 bits per heavy atom. The average Bonchev–Trinajstić information content (AvgIpc) is 2.36. The Kier molecular flexibility index (Phi) is 134. The Labute approximate surface area is 341 Å². The van der Waals surface area contributed by atoms with E-state index in [1.165, 1.54) is 0 Å². The van der Waals surface area contributed by atoms with Gasteiger partial charge in [-0.3, -0.25) is 0 Å². The van der Waals surface area contributed by atoms with E-state index in [0.717, 1.165) is 0 Å². The van der Waals surface area contributed by atoms with Crippen molar-refractivity contribution in [2.45, 2.75) is 104 Å². The van der Waals surface area contributed by atoms with E-state index in [-0.39, 0.29) is 93.9 Å². The van der Waals surface area contributed by atoms with Gasteiger partial charge in [0, 0.05) is 70.4 Å². The molecule has 0 nitrogen and oxygen atoms in total. The van der Waals surface area contributed by atoms with Gasteiger partial charge in [0.1, 0.15) is 0 Å². The number of hydrogen-bond acceptors (Lipinski definition) is 0. The van der Waals surface area contributed by atoms with Gasteiger partial charge in [-0.1, -0.05) is 0 Å². The molecule has 0 aliphatic heterocycles. The SMILES string of the molecule is CC(C)(C)[PH3+].CC(C)(C)[PH3+].CC(C)(C)[PH3+].CC(C)(C)[PH3+].[Br][Ge][Br].[Br][Ge][Br].[Ge].[Ge].[Ge].[Ge].[Ge][Br].[Ge][Br]. The van der Waals surface area contributed by atoms with Crippen LogP contribution in [0.1, 0.15) is 83.1 Å². The van der Waals surface area contributed by atoms with Gasteiger partial charge in [-0.15, -0.1) is 0 Å². The molecule has 34 heavy (non-hydrogen) atoms. The van der Waals surface area contributed by atoms with Crippen molar-refractivity contribution in [1.29, 1.82) is 0 Å². The molecule has 0 aliphatic carbocycles. The molecule has 0 spiro atoms. The molecule has 26 radical (unpaired) electrons. The first-order valence-corrected chi connectivity index (χ1v) is 40.9. The van der Waals surface area contributed by atoms with Crippen molar-refractivity contribution in [1.82, 2.24) is 0 Å². The summed E-state index contributed by atoms with van der Waals surface area (Å²) < 4.78 is 0. The standard InChI is InChI=1S/4C4H11P.2Br2Ge.2BrGe.4Ge/c4*1-4(2,3)5;2*1-3-2;2*1-2;;;;/h4*5H2,1-3H3;;;;;;;;/p+4. The Morgan fingerprint density at radius 3 is 0.382 bits per heavy atom. The normalized spacial score (nSPS) is 8.82. The fraction of sp³-hybridized carbons (Fsp3) is 1.00. The Balaban J connectivity index is -0.0000000164. The van der Waals surface area contributed by atoms with Gasteiger partial charge in [0.25, 0.3) is 0 Å². The first kappa shape index (κ1) is 78.9. The van der Waals surface area contributed by atoms with Crippen LogP contribution in [0.3, 0.4) is 0 Å². The summed E-state index contributed by atoms with van der Waals surface area (Å²) in [6.07, 6.45) is 0. The van der Waals surface area contributed by atoms with Gasteiger partial charge in [0.15, 0.2) is 0 Å². The van der Waals surface area contributed by atoms with Crippen molar-refractivity contribution in [3.63, 3.8) is 0 Å². The maximum atomic E-state index is 3.19. The molecular formula is C16H48Br6Ge8P4+4. The topological polar surface area (TPSA) is 0 Å². The molecule has 0 heterocycles. The molecule has 0 amide bonds. The molecule has 0 aliphatic rings. The molecule has 0 N–H and O–H groups in total. The van der Waals surface area contributed by atoms with E-state index in [9.17, 15) is 0 Å². The van der Waals surface area contributed by atoms with Crippen LogP contribution in [0, 0.1) is 0 Å². The van der Waals surface area contributed by atoms with E-state index >= 15 is 0 Å². The molecule has 0 saturated heterocycles. The summed E-state index contributed by atoms with van der Waals surface area (Å²) >= 11 is 22.5. The Hall–Kier alpha value is 8.94. The van der Waals surface area contributed by atoms with E-state index in [2.05, 4.69) is 167 Å². The summed E-state index contributed by atoms with van der Waals surface area (Å²) in [5.41, 5.74) is 0. The molecule has 0 fully saturated rings. The summed E-state index contributed by atoms with van der Waals surface area (Å²) in [6, 6.07) is 0. The van der Waals surface area contributed by atoms with E-state index in [1.807, 2.05) is 66.3 Å². The fourth-order valence-corrected chi connectivity index (χ4v) is 0. The summed E-state index contributed by atoms with van der Waals surface area (Å²) in [5.74, 6) is 0. The second-order valence-corrected chi connectivity index (χ2v) is 38.8. The molecule has 0 aromatic rings. The summed E-state index contributed by atoms with van der Waals surface area (Å²) in [7, 11) is 8.05. The van der Waals surface area contributed by atoms with Gasteiger partial charge in [0.05, 0.1) is 20.6 Å². The Morgan fingerprint density at radius 1 is 0.382 bits per heavy atom. The predicted molar refractivity (Wildman–Crippen MR) is 223 cm³/mol. The summed E-state index contributed by atoms with van der Waals surface area (Å²) in [6.45, 7) is 26.4. The van der Waals surface area contributed by atoms with Crippen molar-refractivity contribution in [3.8, 4) is 0 Å². The van der Waals surface area contributed by atoms with Crippen LogP contribution in [-0.2, 0) is 0 Å². The minimum absolute atomic E-state index is 0. The van der Waals surface area contributed by atoms with Crippen LogP contribution in [-0.4, -0.2) is 144 Å². The van der Waals surface area contributed by atoms with Crippen LogP contribution in [0.5, 0.6) is 0 Å². The minimum atomic E-state index is 0. The molecule has 0 aromatic heterocycles. The number of halogens is 6. The molecule has 0 bridgehead atoms. The molecule has 4 atom stereocenters. The molecular weight excluding hydrogens is 1380 g/mol. The van der Waals surface area contributed by atoms with Gasteiger partial charge in [0.2, 0.25) is 0 Å². The summed E-state index contributed by atoms with van der Waals surface area (Å²) in [4.78, 5) is 0. The zero-order valence-electron chi connectivity index (χ0n) is 23.1. The first-order valence-electron chi connectivity index (χ1n) is 8.55. The maximum absolute atomic E-state index is 3.19. The monoisotopic (exact) mass is 1430 g/mol. The predicted octanol–water partition coefficient (Wildman–Crippen LogP) is 7.60. The van der Waals surface area contributed by atoms with Gasteiger partial charge in [-0.25, -0.2) is 0 Å². The molecule has 0 rings (SSSR count). The summed E-state index contributed by atoms with van der Waals surface area (Å²) in [5, 5.41) is 2.11. The second kappa shape index (κ2) is 57.6. The number of rotatable bonds is 0. The molecule has 0 saturated carbocycles. The van der Waals surface area contributed by atoms with E-state index in [0.29, 0.717) is 20.6 Å². The van der Waals surface area contributed by atoms with Gasteiger partial charge < -0.3 is 0 Å². The van der Waals surface area contributed by atoms with Crippen molar-refractivity contribution in [2.24, 2.45) is 0 Å². The van der Waals surface area contributed by atoms with E-state index in [1.54, 1.807) is 0 Å². The zero-order chi connectivity index (χ0) is 27.4. The second-order valence-electron chi connectivity index (χ2n) is 10.4. The van der Waals surface area contributed by atoms with Crippen LogP contribution in [0.2, 0.25) is 0 Å². The van der Waals surface area contributed by atoms with Crippen LogP contribution in [0.25, 0.3) is 0 Å². The van der Waals surface area contributed by atoms with Crippen molar-refractivity contribution in [3.05, 3.63) is 0 Å². The third-order valence-electron chi connectivity index (χ3n) is 0. The van der Waals surface area contributed by atoms with Gasteiger partial charge in [-0.05, 0) is 120 Å². The van der Waals surface area contributed by atoms with E-state index in [4.69, 9.17) is 0 Å². The number of hydrogen-bond donors (Lipinski definition) is 0.